The lowest BCUT2D eigenvalue weighted by molar-refractivity contribution is -0.295. The van der Waals surface area contributed by atoms with E-state index in [1.165, 1.54) is 20.1 Å². The third-order valence-electron chi connectivity index (χ3n) is 13.3. The topological polar surface area (TPSA) is 172 Å². The number of Topliss-reactive ketones (excluding diaryl/α,β-unsaturated/α-hetero) is 2. The first kappa shape index (κ1) is 48.3. The van der Waals surface area contributed by atoms with Crippen LogP contribution in [0.2, 0.25) is 5.15 Å². The zero-order chi connectivity index (χ0) is 45.1. The number of carbonyl (C=O) groups is 4. The van der Waals surface area contributed by atoms with Crippen molar-refractivity contribution in [3.63, 3.8) is 0 Å². The van der Waals surface area contributed by atoms with Gasteiger partial charge in [0, 0.05) is 61.4 Å². The van der Waals surface area contributed by atoms with Crippen LogP contribution in [-0.4, -0.2) is 135 Å². The van der Waals surface area contributed by atoms with Crippen LogP contribution in [-0.2, 0) is 44.6 Å². The molecule has 0 bridgehead atoms. The first-order chi connectivity index (χ1) is 28.7. The first-order valence-corrected chi connectivity index (χ1v) is 21.9. The number of aliphatic hydroxyl groups is 1. The fourth-order valence-electron chi connectivity index (χ4n) is 9.72. The van der Waals surface area contributed by atoms with Gasteiger partial charge in [0.15, 0.2) is 17.7 Å². The van der Waals surface area contributed by atoms with Gasteiger partial charge in [-0.15, -0.1) is 0 Å². The summed E-state index contributed by atoms with van der Waals surface area (Å²) in [5, 5.41) is 11.9. The SMILES string of the molecule is C=C[C@]12OC(=O)N(CCCCn3cnc(-c4ccc(Cl)nc4)c3C)[C@H]1[C@H](C)C(=O)[C@H](C)C[C@](C)(OC)[C@H](OC1O[C@H](C)C[C@H](N(C)C)[C@H]1O)[C@@H](C)C(=O)[C@@H](C)C(=O)O[C@H]2CC. The molecule has 16 heteroatoms. The Morgan fingerprint density at radius 1 is 1.05 bits per heavy atom. The van der Waals surface area contributed by atoms with E-state index >= 15 is 0 Å². The number of aliphatic hydroxyl groups excluding tert-OH is 1. The number of halogens is 1. The summed E-state index contributed by atoms with van der Waals surface area (Å²) in [6.07, 6.45) is 1.72. The lowest BCUT2D eigenvalue weighted by Crippen LogP contribution is -2.60. The molecule has 1 unspecified atom stereocenters. The number of likely N-dealkylation sites (N-methyl/N-ethyl adjacent to an activating group) is 1. The molecular formula is C45H66ClN5O10. The van der Waals surface area contributed by atoms with Gasteiger partial charge in [0.2, 0.25) is 0 Å². The highest BCUT2D eigenvalue weighted by atomic mass is 35.5. The maximum atomic E-state index is 14.8. The van der Waals surface area contributed by atoms with Gasteiger partial charge >= 0.3 is 12.1 Å². The zero-order valence-electron chi connectivity index (χ0n) is 37.6. The minimum absolute atomic E-state index is 0.0986. The predicted octanol–water partition coefficient (Wildman–Crippen LogP) is 6.06. The van der Waals surface area contributed by atoms with Gasteiger partial charge in [-0.25, -0.2) is 14.8 Å². The molecule has 5 rings (SSSR count). The van der Waals surface area contributed by atoms with Crippen LogP contribution in [0.15, 0.2) is 37.3 Å². The Morgan fingerprint density at radius 3 is 2.34 bits per heavy atom. The molecule has 3 fully saturated rings. The van der Waals surface area contributed by atoms with Gasteiger partial charge in [-0.3, -0.25) is 19.3 Å². The van der Waals surface area contributed by atoms with Crippen molar-refractivity contribution in [3.8, 4) is 11.3 Å². The number of unbranched alkanes of at least 4 members (excludes halogenated alkanes) is 1. The van der Waals surface area contributed by atoms with Gasteiger partial charge < -0.3 is 38.3 Å². The highest BCUT2D eigenvalue weighted by Gasteiger charge is 2.61. The van der Waals surface area contributed by atoms with Crippen molar-refractivity contribution in [1.82, 2.24) is 24.3 Å². The van der Waals surface area contributed by atoms with Gasteiger partial charge in [-0.2, -0.15) is 0 Å². The van der Waals surface area contributed by atoms with Crippen molar-refractivity contribution in [2.45, 2.75) is 148 Å². The van der Waals surface area contributed by atoms with E-state index in [0.29, 0.717) is 31.0 Å². The molecule has 0 radical (unpaired) electrons. The Labute approximate surface area is 365 Å². The number of fused-ring (bicyclic) bond motifs is 1. The first-order valence-electron chi connectivity index (χ1n) is 21.5. The molecular weight excluding hydrogens is 806 g/mol. The number of hydrogen-bond donors (Lipinski definition) is 1. The number of hydrogen-bond acceptors (Lipinski definition) is 13. The third kappa shape index (κ3) is 9.77. The second-order valence-corrected chi connectivity index (χ2v) is 18.1. The molecule has 3 saturated heterocycles. The van der Waals surface area contributed by atoms with Gasteiger partial charge in [-0.1, -0.05) is 45.9 Å². The summed E-state index contributed by atoms with van der Waals surface area (Å²) >= 11 is 5.99. The number of cyclic esters (lactones) is 1. The molecule has 5 heterocycles. The lowest BCUT2D eigenvalue weighted by Gasteiger charge is -2.47. The molecule has 15 nitrogen and oxygen atoms in total. The molecule has 2 aromatic heterocycles. The van der Waals surface area contributed by atoms with Crippen molar-refractivity contribution >= 4 is 35.2 Å². The van der Waals surface area contributed by atoms with E-state index in [9.17, 15) is 24.3 Å². The quantitative estimate of drug-likeness (QED) is 0.0860. The Kier molecular flexibility index (Phi) is 15.6. The maximum absolute atomic E-state index is 14.8. The number of aryl methyl sites for hydroxylation is 1. The van der Waals surface area contributed by atoms with E-state index < -0.39 is 83.4 Å². The van der Waals surface area contributed by atoms with E-state index in [4.69, 9.17) is 35.3 Å². The molecule has 338 valence electrons. The number of esters is 1. The van der Waals surface area contributed by atoms with Crippen molar-refractivity contribution in [3.05, 3.63) is 48.2 Å². The number of pyridine rings is 1. The van der Waals surface area contributed by atoms with Crippen molar-refractivity contribution in [2.24, 2.45) is 23.7 Å². The van der Waals surface area contributed by atoms with Crippen LogP contribution in [0.1, 0.15) is 86.3 Å². The van der Waals surface area contributed by atoms with Crippen LogP contribution in [0.4, 0.5) is 4.79 Å². The van der Waals surface area contributed by atoms with E-state index in [0.717, 1.165) is 17.0 Å². The molecule has 3 aliphatic heterocycles. The Hall–Kier alpha value is -3.73. The highest BCUT2D eigenvalue weighted by molar-refractivity contribution is 6.29. The molecule has 0 spiro atoms. The summed E-state index contributed by atoms with van der Waals surface area (Å²) in [5.41, 5.74) is -0.310. The second kappa shape index (κ2) is 19.8. The van der Waals surface area contributed by atoms with E-state index in [-0.39, 0.29) is 37.3 Å². The van der Waals surface area contributed by atoms with Gasteiger partial charge in [0.05, 0.1) is 35.9 Å². The van der Waals surface area contributed by atoms with Crippen LogP contribution in [0.3, 0.4) is 0 Å². The molecule has 1 N–H and O–H groups in total. The molecule has 13 atom stereocenters. The van der Waals surface area contributed by atoms with Crippen LogP contribution in [0, 0.1) is 30.6 Å². The van der Waals surface area contributed by atoms with Crippen LogP contribution >= 0.6 is 11.6 Å². The standard InChI is InChI=1S/C45H66ClN5O10/c1-13-33-45(14-2)39(51(43(56)61-45)20-16-15-19-50-24-48-35(30(50)8)31-17-18-34(46)47-23-31)27(5)36(52)25(3)22-44(9,57-12)40(28(6)37(53)29(7)41(55)59-33)60-42-38(54)32(49(10)11)21-26(4)58-42/h14,17-18,23-29,32-33,38-40,42,54H,2,13,15-16,19-22H2,1,3-12H3/t25-,26-,27-,28+,29-,32+,33+,38-,39+,40-,42?,44+,45-/m1/s1. The minimum Gasteiger partial charge on any atom is -0.457 e. The van der Waals surface area contributed by atoms with Crippen LogP contribution in [0.25, 0.3) is 11.3 Å². The summed E-state index contributed by atoms with van der Waals surface area (Å²) in [7, 11) is 5.22. The van der Waals surface area contributed by atoms with Crippen LogP contribution in [0.5, 0.6) is 0 Å². The molecule has 3 aliphatic rings. The normalized spacial score (nSPS) is 35.4. The van der Waals surface area contributed by atoms with E-state index in [2.05, 4.69) is 16.5 Å². The molecule has 61 heavy (non-hydrogen) atoms. The van der Waals surface area contributed by atoms with Gasteiger partial charge in [0.1, 0.15) is 29.1 Å². The number of imidazole rings is 1. The zero-order valence-corrected chi connectivity index (χ0v) is 38.4. The number of methoxy groups -OCH3 is 1. The van der Waals surface area contributed by atoms with E-state index in [1.54, 1.807) is 58.1 Å². The summed E-state index contributed by atoms with van der Waals surface area (Å²) in [4.78, 5) is 69.6. The molecule has 0 aliphatic carbocycles. The summed E-state index contributed by atoms with van der Waals surface area (Å²) in [5.74, 6) is -5.26. The fourth-order valence-corrected chi connectivity index (χ4v) is 9.83. The molecule has 0 saturated carbocycles. The van der Waals surface area contributed by atoms with Crippen LogP contribution < -0.4 is 0 Å². The van der Waals surface area contributed by atoms with Crippen molar-refractivity contribution < 1.29 is 48.0 Å². The lowest BCUT2D eigenvalue weighted by atomic mass is 9.72. The minimum atomic E-state index is -1.61. The van der Waals surface area contributed by atoms with Gasteiger partial charge in [0.25, 0.3) is 0 Å². The summed E-state index contributed by atoms with van der Waals surface area (Å²) in [6, 6.07) is 2.39. The predicted molar refractivity (Wildman–Crippen MR) is 229 cm³/mol. The molecule has 2 aromatic rings. The van der Waals surface area contributed by atoms with Crippen molar-refractivity contribution in [1.29, 1.82) is 0 Å². The maximum Gasteiger partial charge on any atom is 0.411 e. The Balaban J connectivity index is 1.46. The summed E-state index contributed by atoms with van der Waals surface area (Å²) < 4.78 is 33.4. The van der Waals surface area contributed by atoms with E-state index in [1.807, 2.05) is 43.5 Å². The largest absolute Gasteiger partial charge is 0.457 e. The Bertz CT molecular complexity index is 1890. The van der Waals surface area contributed by atoms with Crippen molar-refractivity contribution in [2.75, 3.05) is 27.7 Å². The Morgan fingerprint density at radius 2 is 1.74 bits per heavy atom. The number of nitrogens with zero attached hydrogens (tertiary/aromatic N) is 5. The number of ether oxygens (including phenoxy) is 5. The average molecular weight is 873 g/mol. The number of aromatic nitrogens is 3. The number of amides is 1. The number of ketones is 2. The fraction of sp³-hybridized carbons (Fsp3) is 0.689. The monoisotopic (exact) mass is 871 g/mol. The average Bonchev–Trinajstić information content (AvgIpc) is 3.74. The summed E-state index contributed by atoms with van der Waals surface area (Å²) in [6.45, 7) is 19.0. The second-order valence-electron chi connectivity index (χ2n) is 17.7. The third-order valence-corrected chi connectivity index (χ3v) is 13.5. The number of rotatable bonds is 12. The smallest absolute Gasteiger partial charge is 0.411 e. The molecule has 1 amide bonds. The highest BCUT2D eigenvalue weighted by Crippen LogP contribution is 2.44. The molecule has 0 aromatic carbocycles. The van der Waals surface area contributed by atoms with Gasteiger partial charge in [-0.05, 0) is 92.1 Å². The number of carbonyl (C=O) groups excluding carboxylic acids is 4.